The lowest BCUT2D eigenvalue weighted by atomic mass is 9.98. The average Bonchev–Trinajstić information content (AvgIpc) is 2.85. The van der Waals surface area contributed by atoms with Crippen LogP contribution in [-0.2, 0) is 0 Å². The standard InChI is InChI=1S/C27H22N2O4/c1-18(19-6-3-2-4-7-19)14-15-32-21-12-10-20(11-13-21)27(31)29-24-9-5-8-23-25(30)16-22(17-28)33-26(23)24/h2-13,16,18H,14-15H2,1H3,(H,29,31). The molecule has 1 N–H and O–H groups in total. The summed E-state index contributed by atoms with van der Waals surface area (Å²) in [5, 5.41) is 12.1. The van der Waals surface area contributed by atoms with Crippen molar-refractivity contribution in [2.75, 3.05) is 11.9 Å². The van der Waals surface area contributed by atoms with E-state index in [-0.39, 0.29) is 22.7 Å². The van der Waals surface area contributed by atoms with Gasteiger partial charge < -0.3 is 14.5 Å². The second-order valence-electron chi connectivity index (χ2n) is 7.70. The van der Waals surface area contributed by atoms with Crippen LogP contribution >= 0.6 is 0 Å². The molecule has 1 aromatic heterocycles. The number of carbonyl (C=O) groups is 1. The van der Waals surface area contributed by atoms with Crippen molar-refractivity contribution in [2.45, 2.75) is 19.3 Å². The summed E-state index contributed by atoms with van der Waals surface area (Å²) < 4.78 is 11.3. The molecule has 6 nitrogen and oxygen atoms in total. The molecule has 1 amide bonds. The zero-order valence-corrected chi connectivity index (χ0v) is 18.1. The molecule has 0 saturated carbocycles. The van der Waals surface area contributed by atoms with E-state index >= 15 is 0 Å². The van der Waals surface area contributed by atoms with E-state index in [2.05, 4.69) is 24.4 Å². The predicted molar refractivity (Wildman–Crippen MR) is 127 cm³/mol. The van der Waals surface area contributed by atoms with Gasteiger partial charge in [0.1, 0.15) is 11.8 Å². The molecule has 4 rings (SSSR count). The van der Waals surface area contributed by atoms with Crippen molar-refractivity contribution < 1.29 is 13.9 Å². The van der Waals surface area contributed by atoms with Gasteiger partial charge in [0, 0.05) is 11.6 Å². The highest BCUT2D eigenvalue weighted by Gasteiger charge is 2.13. The van der Waals surface area contributed by atoms with Gasteiger partial charge in [0.15, 0.2) is 11.0 Å². The van der Waals surface area contributed by atoms with Crippen LogP contribution in [0.2, 0.25) is 0 Å². The molecule has 0 fully saturated rings. The van der Waals surface area contributed by atoms with E-state index in [1.54, 1.807) is 42.5 Å². The van der Waals surface area contributed by atoms with E-state index < -0.39 is 0 Å². The fourth-order valence-corrected chi connectivity index (χ4v) is 3.53. The summed E-state index contributed by atoms with van der Waals surface area (Å²) in [7, 11) is 0. The van der Waals surface area contributed by atoms with Gasteiger partial charge in [0.25, 0.3) is 5.91 Å². The number of hydrogen-bond acceptors (Lipinski definition) is 5. The van der Waals surface area contributed by atoms with Crippen molar-refractivity contribution >= 4 is 22.6 Å². The van der Waals surface area contributed by atoms with Crippen LogP contribution in [0, 0.1) is 11.3 Å². The third-order valence-electron chi connectivity index (χ3n) is 5.42. The average molecular weight is 438 g/mol. The minimum absolute atomic E-state index is 0.114. The van der Waals surface area contributed by atoms with Gasteiger partial charge >= 0.3 is 0 Å². The minimum Gasteiger partial charge on any atom is -0.494 e. The van der Waals surface area contributed by atoms with E-state index in [9.17, 15) is 9.59 Å². The molecule has 0 aliphatic rings. The lowest BCUT2D eigenvalue weighted by Crippen LogP contribution is -2.13. The summed E-state index contributed by atoms with van der Waals surface area (Å²) in [6.07, 6.45) is 0.878. The van der Waals surface area contributed by atoms with Gasteiger partial charge in [-0.3, -0.25) is 9.59 Å². The van der Waals surface area contributed by atoms with E-state index in [0.717, 1.165) is 12.5 Å². The summed E-state index contributed by atoms with van der Waals surface area (Å²) in [4.78, 5) is 24.9. The van der Waals surface area contributed by atoms with Crippen LogP contribution in [0.15, 0.2) is 88.1 Å². The number of para-hydroxylation sites is 1. The maximum atomic E-state index is 12.7. The molecule has 3 aromatic carbocycles. The number of benzene rings is 3. The summed E-state index contributed by atoms with van der Waals surface area (Å²) in [6.45, 7) is 2.74. The topological polar surface area (TPSA) is 92.3 Å². The van der Waals surface area contributed by atoms with Crippen molar-refractivity contribution in [3.8, 4) is 11.8 Å². The zero-order chi connectivity index (χ0) is 23.2. The van der Waals surface area contributed by atoms with Crippen molar-refractivity contribution in [3.63, 3.8) is 0 Å². The lowest BCUT2D eigenvalue weighted by Gasteiger charge is -2.13. The number of rotatable bonds is 7. The first-order valence-corrected chi connectivity index (χ1v) is 10.6. The van der Waals surface area contributed by atoms with E-state index in [1.165, 1.54) is 5.56 Å². The molecule has 0 saturated heterocycles. The summed E-state index contributed by atoms with van der Waals surface area (Å²) in [6, 6.07) is 24.9. The molecule has 0 spiro atoms. The highest BCUT2D eigenvalue weighted by molar-refractivity contribution is 6.07. The zero-order valence-electron chi connectivity index (χ0n) is 18.1. The quantitative estimate of drug-likeness (QED) is 0.412. The fraction of sp³-hybridized carbons (Fsp3) is 0.148. The van der Waals surface area contributed by atoms with Crippen LogP contribution in [0.1, 0.15) is 40.9 Å². The Morgan fingerprint density at radius 1 is 1.06 bits per heavy atom. The van der Waals surface area contributed by atoms with Crippen molar-refractivity contribution in [1.82, 2.24) is 0 Å². The maximum absolute atomic E-state index is 12.7. The number of anilines is 1. The van der Waals surface area contributed by atoms with Crippen LogP contribution in [0.4, 0.5) is 5.69 Å². The SMILES string of the molecule is CC(CCOc1ccc(C(=O)Nc2cccc3c(=O)cc(C#N)oc23)cc1)c1ccccc1. The van der Waals surface area contributed by atoms with Gasteiger partial charge in [-0.15, -0.1) is 0 Å². The van der Waals surface area contributed by atoms with Crippen LogP contribution in [0.3, 0.4) is 0 Å². The second-order valence-corrected chi connectivity index (χ2v) is 7.70. The van der Waals surface area contributed by atoms with Gasteiger partial charge in [-0.05, 0) is 54.3 Å². The van der Waals surface area contributed by atoms with Crippen molar-refractivity contribution in [2.24, 2.45) is 0 Å². The molecule has 6 heteroatoms. The van der Waals surface area contributed by atoms with Crippen LogP contribution in [0.5, 0.6) is 5.75 Å². The first kappa shape index (κ1) is 21.8. The molecule has 1 atom stereocenters. The number of fused-ring (bicyclic) bond motifs is 1. The minimum atomic E-state index is -0.364. The molecule has 1 heterocycles. The summed E-state index contributed by atoms with van der Waals surface area (Å²) in [5.74, 6) is 0.592. The van der Waals surface area contributed by atoms with Crippen LogP contribution < -0.4 is 15.5 Å². The van der Waals surface area contributed by atoms with Gasteiger partial charge in [-0.2, -0.15) is 5.26 Å². The molecule has 0 aliphatic carbocycles. The largest absolute Gasteiger partial charge is 0.494 e. The number of nitrogens with zero attached hydrogens (tertiary/aromatic N) is 1. The second kappa shape index (κ2) is 9.84. The molecule has 1 unspecified atom stereocenters. The van der Waals surface area contributed by atoms with Crippen molar-refractivity contribution in [1.29, 1.82) is 5.26 Å². The lowest BCUT2D eigenvalue weighted by molar-refractivity contribution is 0.102. The van der Waals surface area contributed by atoms with E-state index in [1.807, 2.05) is 24.3 Å². The Bertz CT molecular complexity index is 1370. The smallest absolute Gasteiger partial charge is 0.255 e. The van der Waals surface area contributed by atoms with Crippen molar-refractivity contribution in [3.05, 3.63) is 106 Å². The highest BCUT2D eigenvalue weighted by atomic mass is 16.5. The fourth-order valence-electron chi connectivity index (χ4n) is 3.53. The Morgan fingerprint density at radius 3 is 2.55 bits per heavy atom. The summed E-state index contributed by atoms with van der Waals surface area (Å²) >= 11 is 0. The number of ether oxygens (including phenoxy) is 1. The van der Waals surface area contributed by atoms with Gasteiger partial charge in [-0.1, -0.05) is 43.3 Å². The first-order chi connectivity index (χ1) is 16.0. The Hall–Kier alpha value is -4.37. The molecular weight excluding hydrogens is 416 g/mol. The van der Waals surface area contributed by atoms with Gasteiger partial charge in [0.2, 0.25) is 5.76 Å². The van der Waals surface area contributed by atoms with Crippen LogP contribution in [0.25, 0.3) is 11.0 Å². The highest BCUT2D eigenvalue weighted by Crippen LogP contribution is 2.24. The Labute approximate surface area is 191 Å². The number of nitriles is 1. The van der Waals surface area contributed by atoms with Crippen LogP contribution in [-0.4, -0.2) is 12.5 Å². The number of amides is 1. The molecule has 0 radical (unpaired) electrons. The number of carbonyl (C=O) groups excluding carboxylic acids is 1. The molecule has 0 bridgehead atoms. The third-order valence-corrected chi connectivity index (χ3v) is 5.42. The van der Waals surface area contributed by atoms with E-state index in [0.29, 0.717) is 34.9 Å². The number of nitrogens with one attached hydrogen (secondary N) is 1. The molecule has 0 aliphatic heterocycles. The predicted octanol–water partition coefficient (Wildman–Crippen LogP) is 5.49. The Morgan fingerprint density at radius 2 is 1.82 bits per heavy atom. The van der Waals surface area contributed by atoms with Gasteiger partial charge in [0.05, 0.1) is 17.7 Å². The Balaban J connectivity index is 1.40. The first-order valence-electron chi connectivity index (χ1n) is 10.6. The van der Waals surface area contributed by atoms with Gasteiger partial charge in [-0.25, -0.2) is 0 Å². The third kappa shape index (κ3) is 5.10. The molecule has 33 heavy (non-hydrogen) atoms. The maximum Gasteiger partial charge on any atom is 0.255 e. The number of hydrogen-bond donors (Lipinski definition) is 1. The molecular formula is C27H22N2O4. The monoisotopic (exact) mass is 438 g/mol. The normalized spacial score (nSPS) is 11.5. The Kier molecular flexibility index (Phi) is 6.51. The molecule has 4 aromatic rings. The molecule has 164 valence electrons. The summed E-state index contributed by atoms with van der Waals surface area (Å²) in [5.41, 5.74) is 1.85. The van der Waals surface area contributed by atoms with E-state index in [4.69, 9.17) is 14.4 Å².